The van der Waals surface area contributed by atoms with Gasteiger partial charge in [0.15, 0.2) is 0 Å². The lowest BCUT2D eigenvalue weighted by atomic mass is 9.78. The Hall–Kier alpha value is -3.14. The van der Waals surface area contributed by atoms with Crippen molar-refractivity contribution in [1.82, 2.24) is 4.98 Å². The van der Waals surface area contributed by atoms with Crippen LogP contribution in [0.2, 0.25) is 0 Å². The van der Waals surface area contributed by atoms with E-state index in [-0.39, 0.29) is 0 Å². The van der Waals surface area contributed by atoms with E-state index in [4.69, 9.17) is 4.74 Å². The van der Waals surface area contributed by atoms with Gasteiger partial charge in [0.05, 0.1) is 12.2 Å². The lowest BCUT2D eigenvalue weighted by Crippen LogP contribution is -2.17. The van der Waals surface area contributed by atoms with Crippen molar-refractivity contribution in [3.8, 4) is 5.75 Å². The third kappa shape index (κ3) is 3.95. The van der Waals surface area contributed by atoms with Gasteiger partial charge in [-0.2, -0.15) is 0 Å². The van der Waals surface area contributed by atoms with Crippen molar-refractivity contribution in [3.63, 3.8) is 0 Å². The van der Waals surface area contributed by atoms with Gasteiger partial charge in [-0.25, -0.2) is 4.79 Å². The number of carbonyl (C=O) groups is 1. The number of benzene rings is 2. The predicted molar refractivity (Wildman–Crippen MR) is 120 cm³/mol. The number of aryl methyl sites for hydroxylation is 2. The third-order valence-corrected chi connectivity index (χ3v) is 6.87. The van der Waals surface area contributed by atoms with Gasteiger partial charge in [0, 0.05) is 18.3 Å². The molecule has 158 valence electrons. The molecule has 1 aliphatic carbocycles. The molecule has 0 spiro atoms. The molecule has 2 aliphatic rings. The molecule has 0 radical (unpaired) electrons. The Morgan fingerprint density at radius 2 is 2.00 bits per heavy atom. The van der Waals surface area contributed by atoms with Gasteiger partial charge in [0.2, 0.25) is 0 Å². The number of nitrogens with zero attached hydrogens (tertiary/aromatic N) is 1. The smallest absolute Gasteiger partial charge is 0.336 e. The summed E-state index contributed by atoms with van der Waals surface area (Å²) in [6.07, 6.45) is 9.36. The minimum atomic E-state index is -0.887. The lowest BCUT2D eigenvalue weighted by molar-refractivity contribution is 0.0695. The number of aromatic nitrogens is 1. The Kier molecular flexibility index (Phi) is 5.46. The highest BCUT2D eigenvalue weighted by molar-refractivity contribution is 5.89. The Bertz CT molecular complexity index is 1110. The number of fused-ring (bicyclic) bond motifs is 2. The average molecular weight is 414 g/mol. The van der Waals surface area contributed by atoms with Crippen molar-refractivity contribution in [2.24, 2.45) is 0 Å². The molecular weight excluding hydrogens is 386 g/mol. The zero-order chi connectivity index (χ0) is 21.2. The zero-order valence-corrected chi connectivity index (χ0v) is 17.6. The second-order valence-corrected chi connectivity index (χ2v) is 8.65. The summed E-state index contributed by atoms with van der Waals surface area (Å²) in [5.74, 6) is 0.926. The molecular formula is C27H27NO3. The molecule has 1 aromatic heterocycles. The van der Waals surface area contributed by atoms with Crippen molar-refractivity contribution in [2.75, 3.05) is 6.61 Å². The Labute approximate surface area is 182 Å². The van der Waals surface area contributed by atoms with Gasteiger partial charge >= 0.3 is 5.97 Å². The normalized spacial score (nSPS) is 19.7. The van der Waals surface area contributed by atoms with Crippen molar-refractivity contribution in [3.05, 3.63) is 94.3 Å². The molecule has 2 atom stereocenters. The molecule has 2 heterocycles. The number of ether oxygens (including phenoxy) is 1. The largest absolute Gasteiger partial charge is 0.493 e. The molecule has 0 saturated heterocycles. The van der Waals surface area contributed by atoms with E-state index in [1.54, 1.807) is 18.5 Å². The lowest BCUT2D eigenvalue weighted by Gasteiger charge is -2.30. The molecule has 1 aliphatic heterocycles. The van der Waals surface area contributed by atoms with Crippen LogP contribution in [0.5, 0.6) is 5.75 Å². The summed E-state index contributed by atoms with van der Waals surface area (Å²) in [6.45, 7) is 0.710. The summed E-state index contributed by atoms with van der Waals surface area (Å²) < 4.78 is 6.08. The number of rotatable bonds is 5. The van der Waals surface area contributed by atoms with Crippen LogP contribution in [-0.4, -0.2) is 22.7 Å². The first-order chi connectivity index (χ1) is 15.2. The molecule has 0 bridgehead atoms. The number of hydrogen-bond donors (Lipinski definition) is 1. The zero-order valence-electron chi connectivity index (χ0n) is 17.6. The quantitative estimate of drug-likeness (QED) is 0.579. The molecule has 0 fully saturated rings. The summed E-state index contributed by atoms with van der Waals surface area (Å²) in [7, 11) is 0. The van der Waals surface area contributed by atoms with Gasteiger partial charge in [-0.3, -0.25) is 4.98 Å². The fourth-order valence-electron chi connectivity index (χ4n) is 5.26. The number of pyridine rings is 1. The van der Waals surface area contributed by atoms with Crippen LogP contribution in [0, 0.1) is 0 Å². The Balaban J connectivity index is 1.38. The van der Waals surface area contributed by atoms with E-state index in [1.165, 1.54) is 41.5 Å². The molecule has 2 unspecified atom stereocenters. The first kappa shape index (κ1) is 19.8. The second-order valence-electron chi connectivity index (χ2n) is 8.65. The van der Waals surface area contributed by atoms with Gasteiger partial charge in [-0.15, -0.1) is 0 Å². The maximum absolute atomic E-state index is 11.5. The van der Waals surface area contributed by atoms with Crippen LogP contribution in [0.15, 0.2) is 60.9 Å². The van der Waals surface area contributed by atoms with Crippen molar-refractivity contribution >= 4 is 5.97 Å². The molecule has 0 saturated carbocycles. The molecule has 3 aromatic rings. The number of aromatic carboxylic acids is 1. The molecule has 5 rings (SSSR count). The van der Waals surface area contributed by atoms with E-state index in [2.05, 4.69) is 47.4 Å². The minimum absolute atomic E-state index is 0.355. The Morgan fingerprint density at radius 3 is 2.90 bits per heavy atom. The van der Waals surface area contributed by atoms with Gasteiger partial charge < -0.3 is 9.84 Å². The summed E-state index contributed by atoms with van der Waals surface area (Å²) in [6, 6.07) is 17.2. The molecule has 0 amide bonds. The molecule has 31 heavy (non-hydrogen) atoms. The minimum Gasteiger partial charge on any atom is -0.493 e. The number of carboxylic acid groups (broad SMARTS) is 1. The van der Waals surface area contributed by atoms with Gasteiger partial charge in [-0.1, -0.05) is 36.4 Å². The van der Waals surface area contributed by atoms with Crippen LogP contribution in [0.1, 0.15) is 75.7 Å². The van der Waals surface area contributed by atoms with Crippen LogP contribution in [0.25, 0.3) is 0 Å². The van der Waals surface area contributed by atoms with E-state index in [0.717, 1.165) is 24.2 Å². The highest BCUT2D eigenvalue weighted by Crippen LogP contribution is 2.42. The summed E-state index contributed by atoms with van der Waals surface area (Å²) in [4.78, 5) is 15.6. The number of carboxylic acids is 1. The molecule has 4 nitrogen and oxygen atoms in total. The van der Waals surface area contributed by atoms with E-state index in [0.29, 0.717) is 30.4 Å². The van der Waals surface area contributed by atoms with Crippen LogP contribution in [0.4, 0.5) is 0 Å². The maximum Gasteiger partial charge on any atom is 0.336 e. The van der Waals surface area contributed by atoms with Crippen LogP contribution < -0.4 is 4.74 Å². The Morgan fingerprint density at radius 1 is 1.10 bits per heavy atom. The molecule has 4 heteroatoms. The van der Waals surface area contributed by atoms with Crippen molar-refractivity contribution in [2.45, 2.75) is 50.4 Å². The van der Waals surface area contributed by atoms with Crippen molar-refractivity contribution in [1.29, 1.82) is 0 Å². The first-order valence-corrected chi connectivity index (χ1v) is 11.2. The second kappa shape index (κ2) is 8.54. The summed E-state index contributed by atoms with van der Waals surface area (Å²) >= 11 is 0. The average Bonchev–Trinajstić information content (AvgIpc) is 2.82. The van der Waals surface area contributed by atoms with E-state index >= 15 is 0 Å². The van der Waals surface area contributed by atoms with Crippen LogP contribution >= 0.6 is 0 Å². The SMILES string of the molecule is O=C(O)c1ccncc1CCC1CCOc2cc(C3CCCc4ccccc43)ccc21. The summed E-state index contributed by atoms with van der Waals surface area (Å²) in [5, 5.41) is 9.44. The van der Waals surface area contributed by atoms with E-state index < -0.39 is 5.97 Å². The van der Waals surface area contributed by atoms with Crippen LogP contribution in [0.3, 0.4) is 0 Å². The predicted octanol–water partition coefficient (Wildman–Crippen LogP) is 5.75. The maximum atomic E-state index is 11.5. The fourth-order valence-corrected chi connectivity index (χ4v) is 5.26. The van der Waals surface area contributed by atoms with Gasteiger partial charge in [0.25, 0.3) is 0 Å². The van der Waals surface area contributed by atoms with Crippen LogP contribution in [-0.2, 0) is 12.8 Å². The van der Waals surface area contributed by atoms with Gasteiger partial charge in [0.1, 0.15) is 5.75 Å². The fraction of sp³-hybridized carbons (Fsp3) is 0.333. The highest BCUT2D eigenvalue weighted by Gasteiger charge is 2.26. The van der Waals surface area contributed by atoms with E-state index in [9.17, 15) is 9.90 Å². The monoisotopic (exact) mass is 413 g/mol. The van der Waals surface area contributed by atoms with Crippen molar-refractivity contribution < 1.29 is 14.6 Å². The third-order valence-electron chi connectivity index (χ3n) is 6.87. The highest BCUT2D eigenvalue weighted by atomic mass is 16.5. The summed E-state index contributed by atoms with van der Waals surface area (Å²) in [5.41, 5.74) is 6.68. The topological polar surface area (TPSA) is 59.4 Å². The van der Waals surface area contributed by atoms with E-state index in [1.807, 2.05) is 0 Å². The molecule has 2 aromatic carbocycles. The molecule has 1 N–H and O–H groups in total. The van der Waals surface area contributed by atoms with Gasteiger partial charge in [-0.05, 0) is 84.4 Å². The standard InChI is InChI=1S/C27H27NO3/c29-27(30)25-12-14-28-17-21(25)9-8-19-13-15-31-26-16-20(10-11-24(19)26)23-7-3-5-18-4-1-2-6-22(18)23/h1-2,4,6,10-12,14,16-17,19,23H,3,5,7-9,13,15H2,(H,29,30). The number of hydrogen-bond acceptors (Lipinski definition) is 3. The first-order valence-electron chi connectivity index (χ1n) is 11.2.